The molecule has 2 fully saturated rings. The van der Waals surface area contributed by atoms with Crippen molar-refractivity contribution in [1.29, 1.82) is 0 Å². The van der Waals surface area contributed by atoms with E-state index >= 15 is 0 Å². The summed E-state index contributed by atoms with van der Waals surface area (Å²) in [5.74, 6) is -2.78. The van der Waals surface area contributed by atoms with Crippen LogP contribution in [0.4, 0.5) is 8.78 Å². The number of amides is 2. The van der Waals surface area contributed by atoms with Crippen LogP contribution in [-0.4, -0.2) is 73.6 Å². The van der Waals surface area contributed by atoms with Gasteiger partial charge in [-0.1, -0.05) is 0 Å². The highest BCUT2D eigenvalue weighted by molar-refractivity contribution is 7.89. The molecule has 2 saturated heterocycles. The first-order valence-corrected chi connectivity index (χ1v) is 11.9. The number of hydrogen-bond acceptors (Lipinski definition) is 4. The van der Waals surface area contributed by atoms with Gasteiger partial charge in [-0.2, -0.15) is 4.31 Å². The molecular formula is C22H23F2N3O4S. The third kappa shape index (κ3) is 4.37. The third-order valence-electron chi connectivity index (χ3n) is 5.82. The summed E-state index contributed by atoms with van der Waals surface area (Å²) in [6.07, 6.45) is 1.70. The zero-order chi connectivity index (χ0) is 22.9. The molecule has 2 aliphatic heterocycles. The molecule has 2 amide bonds. The first-order chi connectivity index (χ1) is 15.3. The number of halogens is 2. The number of sulfonamides is 1. The molecule has 0 atom stereocenters. The van der Waals surface area contributed by atoms with Crippen LogP contribution in [0.15, 0.2) is 47.4 Å². The van der Waals surface area contributed by atoms with E-state index in [0.717, 1.165) is 25.0 Å². The summed E-state index contributed by atoms with van der Waals surface area (Å²) in [6, 6.07) is 8.92. The predicted octanol–water partition coefficient (Wildman–Crippen LogP) is 2.35. The lowest BCUT2D eigenvalue weighted by atomic mass is 10.1. The highest BCUT2D eigenvalue weighted by Crippen LogP contribution is 2.22. The number of benzene rings is 2. The lowest BCUT2D eigenvalue weighted by molar-refractivity contribution is 0.0535. The Morgan fingerprint density at radius 2 is 1.19 bits per heavy atom. The Hall–Kier alpha value is -2.85. The molecule has 0 N–H and O–H groups in total. The highest BCUT2D eigenvalue weighted by atomic mass is 32.2. The molecule has 0 aliphatic carbocycles. The van der Waals surface area contributed by atoms with Crippen molar-refractivity contribution in [2.45, 2.75) is 17.7 Å². The summed E-state index contributed by atoms with van der Waals surface area (Å²) in [7, 11) is -3.54. The number of rotatable bonds is 4. The Labute approximate surface area is 185 Å². The number of nitrogens with zero attached hydrogens (tertiary/aromatic N) is 3. The molecule has 2 aromatic carbocycles. The molecule has 2 aliphatic rings. The molecule has 10 heteroatoms. The Kier molecular flexibility index (Phi) is 6.25. The van der Waals surface area contributed by atoms with Gasteiger partial charge in [-0.05, 0) is 55.3 Å². The van der Waals surface area contributed by atoms with Gasteiger partial charge in [-0.3, -0.25) is 9.59 Å². The van der Waals surface area contributed by atoms with Gasteiger partial charge < -0.3 is 9.80 Å². The minimum Gasteiger partial charge on any atom is -0.335 e. The molecule has 4 rings (SSSR count). The molecule has 0 aromatic heterocycles. The van der Waals surface area contributed by atoms with E-state index in [0.29, 0.717) is 18.7 Å². The van der Waals surface area contributed by atoms with Gasteiger partial charge in [-0.15, -0.1) is 0 Å². The van der Waals surface area contributed by atoms with Crippen molar-refractivity contribution in [2.75, 3.05) is 39.3 Å². The largest absolute Gasteiger partial charge is 0.335 e. The Balaban J connectivity index is 1.38. The predicted molar refractivity (Wildman–Crippen MR) is 113 cm³/mol. The Morgan fingerprint density at radius 3 is 1.72 bits per heavy atom. The molecular weight excluding hydrogens is 440 g/mol. The van der Waals surface area contributed by atoms with Crippen molar-refractivity contribution in [2.24, 2.45) is 0 Å². The number of piperazine rings is 1. The van der Waals surface area contributed by atoms with Crippen LogP contribution in [0.1, 0.15) is 33.6 Å². The number of hydrogen-bond donors (Lipinski definition) is 0. The maximum atomic E-state index is 13.4. The van der Waals surface area contributed by atoms with Crippen LogP contribution in [0, 0.1) is 11.6 Å². The normalized spacial score (nSPS) is 17.6. The van der Waals surface area contributed by atoms with E-state index in [1.165, 1.54) is 39.5 Å². The summed E-state index contributed by atoms with van der Waals surface area (Å²) in [5, 5.41) is 0. The van der Waals surface area contributed by atoms with E-state index in [4.69, 9.17) is 0 Å². The van der Waals surface area contributed by atoms with Crippen molar-refractivity contribution in [3.63, 3.8) is 0 Å². The van der Waals surface area contributed by atoms with E-state index in [9.17, 15) is 26.8 Å². The van der Waals surface area contributed by atoms with Crippen molar-refractivity contribution in [1.82, 2.24) is 14.1 Å². The Bertz CT molecular complexity index is 1120. The second-order valence-electron chi connectivity index (χ2n) is 7.85. The molecule has 0 spiro atoms. The van der Waals surface area contributed by atoms with Crippen molar-refractivity contribution < 1.29 is 26.8 Å². The van der Waals surface area contributed by atoms with Crippen LogP contribution in [0.25, 0.3) is 0 Å². The molecule has 32 heavy (non-hydrogen) atoms. The SMILES string of the molecule is O=C(c1ccc(S(=O)(=O)N2CCCC2)cc1)N1CCN(C(=O)c2ccc(F)c(F)c2)CC1. The third-order valence-corrected chi connectivity index (χ3v) is 7.74. The van der Waals surface area contributed by atoms with Crippen molar-refractivity contribution in [3.8, 4) is 0 Å². The average Bonchev–Trinajstić information content (AvgIpc) is 3.36. The van der Waals surface area contributed by atoms with Crippen molar-refractivity contribution in [3.05, 3.63) is 65.2 Å². The first kappa shape index (κ1) is 22.3. The number of carbonyl (C=O) groups is 2. The van der Waals surface area contributed by atoms with Crippen LogP contribution >= 0.6 is 0 Å². The van der Waals surface area contributed by atoms with Crippen molar-refractivity contribution >= 4 is 21.8 Å². The summed E-state index contributed by atoms with van der Waals surface area (Å²) < 4.78 is 53.2. The quantitative estimate of drug-likeness (QED) is 0.698. The number of carbonyl (C=O) groups excluding carboxylic acids is 2. The van der Waals surface area contributed by atoms with E-state index in [1.807, 2.05) is 0 Å². The molecule has 2 heterocycles. The topological polar surface area (TPSA) is 78.0 Å². The van der Waals surface area contributed by atoms with E-state index < -0.39 is 27.6 Å². The van der Waals surface area contributed by atoms with Gasteiger partial charge >= 0.3 is 0 Å². The van der Waals surface area contributed by atoms with E-state index in [1.54, 1.807) is 4.90 Å². The maximum absolute atomic E-state index is 13.4. The fraction of sp³-hybridized carbons (Fsp3) is 0.364. The van der Waals surface area contributed by atoms with Crippen LogP contribution in [0.3, 0.4) is 0 Å². The van der Waals surface area contributed by atoms with Gasteiger partial charge in [0.05, 0.1) is 4.90 Å². The van der Waals surface area contributed by atoms with Gasteiger partial charge in [0, 0.05) is 50.4 Å². The molecule has 0 radical (unpaired) electrons. The fourth-order valence-corrected chi connectivity index (χ4v) is 5.47. The van der Waals surface area contributed by atoms with Crippen LogP contribution in [0.2, 0.25) is 0 Å². The van der Waals surface area contributed by atoms with Gasteiger partial charge in [-0.25, -0.2) is 17.2 Å². The van der Waals surface area contributed by atoms with Crippen LogP contribution < -0.4 is 0 Å². The molecule has 0 bridgehead atoms. The summed E-state index contributed by atoms with van der Waals surface area (Å²) >= 11 is 0. The monoisotopic (exact) mass is 463 g/mol. The minimum absolute atomic E-state index is 0.0541. The summed E-state index contributed by atoms with van der Waals surface area (Å²) in [6.45, 7) is 2.09. The van der Waals surface area contributed by atoms with Crippen LogP contribution in [-0.2, 0) is 10.0 Å². The van der Waals surface area contributed by atoms with E-state index in [2.05, 4.69) is 0 Å². The molecule has 7 nitrogen and oxygen atoms in total. The summed E-state index contributed by atoms with van der Waals surface area (Å²) in [5.41, 5.74) is 0.421. The standard InChI is InChI=1S/C22H23F2N3O4S/c23-19-8-5-17(15-20(19)24)22(29)26-13-11-25(12-14-26)21(28)16-3-6-18(7-4-16)32(30,31)27-9-1-2-10-27/h3-8,15H,1-2,9-14H2. The second-order valence-corrected chi connectivity index (χ2v) is 9.79. The smallest absolute Gasteiger partial charge is 0.254 e. The fourth-order valence-electron chi connectivity index (χ4n) is 3.95. The lowest BCUT2D eigenvalue weighted by Gasteiger charge is -2.35. The zero-order valence-electron chi connectivity index (χ0n) is 17.3. The maximum Gasteiger partial charge on any atom is 0.254 e. The van der Waals surface area contributed by atoms with Gasteiger partial charge in [0.25, 0.3) is 11.8 Å². The van der Waals surface area contributed by atoms with Gasteiger partial charge in [0.15, 0.2) is 11.6 Å². The highest BCUT2D eigenvalue weighted by Gasteiger charge is 2.29. The van der Waals surface area contributed by atoms with E-state index in [-0.39, 0.29) is 42.5 Å². The lowest BCUT2D eigenvalue weighted by Crippen LogP contribution is -2.50. The average molecular weight is 464 g/mol. The second kappa shape index (κ2) is 8.95. The molecule has 170 valence electrons. The zero-order valence-corrected chi connectivity index (χ0v) is 18.2. The molecule has 2 aromatic rings. The van der Waals surface area contributed by atoms with Gasteiger partial charge in [0.1, 0.15) is 0 Å². The van der Waals surface area contributed by atoms with Gasteiger partial charge in [0.2, 0.25) is 10.0 Å². The molecule has 0 saturated carbocycles. The summed E-state index contributed by atoms with van der Waals surface area (Å²) in [4.78, 5) is 28.6. The molecule has 0 unspecified atom stereocenters. The van der Waals surface area contributed by atoms with Crippen LogP contribution in [0.5, 0.6) is 0 Å². The Morgan fingerprint density at radius 1 is 0.688 bits per heavy atom. The first-order valence-electron chi connectivity index (χ1n) is 10.4. The minimum atomic E-state index is -3.54.